The Balaban J connectivity index is 1.27. The van der Waals surface area contributed by atoms with E-state index in [-0.39, 0.29) is 0 Å². The quantitative estimate of drug-likeness (QED) is 0.291. The van der Waals surface area contributed by atoms with Crippen LogP contribution >= 0.6 is 0 Å². The molecule has 7 heteroatoms. The van der Waals surface area contributed by atoms with Crippen molar-refractivity contribution in [1.82, 2.24) is 25.1 Å². The van der Waals surface area contributed by atoms with Gasteiger partial charge >= 0.3 is 0 Å². The molecule has 0 saturated carbocycles. The van der Waals surface area contributed by atoms with Gasteiger partial charge in [-0.1, -0.05) is 30.3 Å². The van der Waals surface area contributed by atoms with Gasteiger partial charge in [0.05, 0.1) is 17.2 Å². The van der Waals surface area contributed by atoms with E-state index in [2.05, 4.69) is 50.2 Å². The zero-order chi connectivity index (χ0) is 21.3. The summed E-state index contributed by atoms with van der Waals surface area (Å²) >= 11 is 0. The molecule has 3 aromatic heterocycles. The van der Waals surface area contributed by atoms with E-state index in [4.69, 9.17) is 9.97 Å². The van der Waals surface area contributed by atoms with Crippen molar-refractivity contribution >= 4 is 50.2 Å². The second-order valence-electron chi connectivity index (χ2n) is 7.75. The molecular weight excluding hydrogens is 398 g/mol. The fourth-order valence-electron chi connectivity index (χ4n) is 4.07. The number of nitrogens with zero attached hydrogens (tertiary/aromatic N) is 3. The van der Waals surface area contributed by atoms with Gasteiger partial charge in [-0.2, -0.15) is 10.1 Å². The number of aromatic amines is 2. The monoisotopic (exact) mass is 419 g/mol. The summed E-state index contributed by atoms with van der Waals surface area (Å²) in [4.78, 5) is 12.8. The summed E-state index contributed by atoms with van der Waals surface area (Å²) in [5.74, 6) is 1.38. The largest absolute Gasteiger partial charge is 0.369 e. The number of anilines is 3. The van der Waals surface area contributed by atoms with Crippen molar-refractivity contribution in [3.05, 3.63) is 84.7 Å². The lowest BCUT2D eigenvalue weighted by Gasteiger charge is -2.12. The molecule has 6 rings (SSSR count). The lowest BCUT2D eigenvalue weighted by atomic mass is 10.1. The van der Waals surface area contributed by atoms with Gasteiger partial charge in [0.15, 0.2) is 0 Å². The minimum absolute atomic E-state index is 0.557. The summed E-state index contributed by atoms with van der Waals surface area (Å²) in [5, 5.41) is 17.2. The minimum atomic E-state index is 0.557. The standard InChI is InChI=1S/C25H21N7/c1-3-7-22-19(5-1)16(14-27-22)11-12-26-24-20-6-2-4-8-23(20)30-25(31-24)29-18-9-10-21-17(13-18)15-28-32-21/h1-10,13-15,27H,11-12H2,(H,28,32)(H2,26,29,30,31). The Labute approximate surface area is 183 Å². The Hall–Kier alpha value is -4.39. The van der Waals surface area contributed by atoms with Crippen LogP contribution in [0.5, 0.6) is 0 Å². The van der Waals surface area contributed by atoms with Crippen molar-refractivity contribution in [3.8, 4) is 0 Å². The van der Waals surface area contributed by atoms with Crippen LogP contribution in [-0.4, -0.2) is 31.7 Å². The van der Waals surface area contributed by atoms with Gasteiger partial charge < -0.3 is 15.6 Å². The van der Waals surface area contributed by atoms with E-state index in [0.717, 1.165) is 51.8 Å². The second kappa shape index (κ2) is 7.70. The molecule has 0 bridgehead atoms. The van der Waals surface area contributed by atoms with Crippen molar-refractivity contribution in [2.45, 2.75) is 6.42 Å². The van der Waals surface area contributed by atoms with E-state index >= 15 is 0 Å². The fourth-order valence-corrected chi connectivity index (χ4v) is 4.07. The first-order valence-corrected chi connectivity index (χ1v) is 10.6. The molecule has 0 aliphatic carbocycles. The topological polar surface area (TPSA) is 94.3 Å². The third kappa shape index (κ3) is 3.39. The number of fused-ring (bicyclic) bond motifs is 3. The molecule has 0 fully saturated rings. The van der Waals surface area contributed by atoms with Gasteiger partial charge in [0.25, 0.3) is 0 Å². The van der Waals surface area contributed by atoms with Crippen molar-refractivity contribution < 1.29 is 0 Å². The molecule has 0 unspecified atom stereocenters. The highest BCUT2D eigenvalue weighted by molar-refractivity contribution is 5.91. The van der Waals surface area contributed by atoms with E-state index in [1.54, 1.807) is 6.20 Å². The molecule has 6 aromatic rings. The van der Waals surface area contributed by atoms with Gasteiger partial charge in [-0.3, -0.25) is 5.10 Å². The van der Waals surface area contributed by atoms with Crippen LogP contribution in [0.2, 0.25) is 0 Å². The first-order valence-electron chi connectivity index (χ1n) is 10.6. The van der Waals surface area contributed by atoms with Crippen LogP contribution in [0, 0.1) is 0 Å². The number of H-pyrrole nitrogens is 2. The first-order chi connectivity index (χ1) is 15.8. The number of nitrogens with one attached hydrogen (secondary N) is 4. The van der Waals surface area contributed by atoms with Crippen molar-refractivity contribution in [1.29, 1.82) is 0 Å². The average molecular weight is 419 g/mol. The number of hydrogen-bond donors (Lipinski definition) is 4. The number of aromatic nitrogens is 5. The van der Waals surface area contributed by atoms with Crippen LogP contribution in [0.4, 0.5) is 17.5 Å². The van der Waals surface area contributed by atoms with Gasteiger partial charge in [0.2, 0.25) is 5.95 Å². The van der Waals surface area contributed by atoms with Crippen LogP contribution in [0.15, 0.2) is 79.1 Å². The number of para-hydroxylation sites is 2. The normalized spacial score (nSPS) is 11.4. The van der Waals surface area contributed by atoms with E-state index in [1.165, 1.54) is 10.9 Å². The summed E-state index contributed by atoms with van der Waals surface area (Å²) in [5.41, 5.74) is 5.26. The highest BCUT2D eigenvalue weighted by Crippen LogP contribution is 2.25. The van der Waals surface area contributed by atoms with Gasteiger partial charge in [-0.15, -0.1) is 0 Å². The van der Waals surface area contributed by atoms with E-state index < -0.39 is 0 Å². The van der Waals surface area contributed by atoms with Crippen LogP contribution in [0.1, 0.15) is 5.56 Å². The average Bonchev–Trinajstić information content (AvgIpc) is 3.46. The molecular formula is C25H21N7. The minimum Gasteiger partial charge on any atom is -0.369 e. The van der Waals surface area contributed by atoms with Gasteiger partial charge in [-0.25, -0.2) is 4.98 Å². The zero-order valence-electron chi connectivity index (χ0n) is 17.3. The van der Waals surface area contributed by atoms with Crippen molar-refractivity contribution in [2.24, 2.45) is 0 Å². The van der Waals surface area contributed by atoms with Crippen LogP contribution < -0.4 is 10.6 Å². The number of hydrogen-bond acceptors (Lipinski definition) is 5. The van der Waals surface area contributed by atoms with Crippen LogP contribution in [0.25, 0.3) is 32.7 Å². The Morgan fingerprint density at radius 2 is 1.72 bits per heavy atom. The van der Waals surface area contributed by atoms with Gasteiger partial charge in [0.1, 0.15) is 5.82 Å². The van der Waals surface area contributed by atoms with Gasteiger partial charge in [0, 0.05) is 40.1 Å². The Morgan fingerprint density at radius 1 is 0.844 bits per heavy atom. The molecule has 7 nitrogen and oxygen atoms in total. The van der Waals surface area contributed by atoms with E-state index in [1.807, 2.05) is 48.5 Å². The predicted molar refractivity (Wildman–Crippen MR) is 129 cm³/mol. The summed E-state index contributed by atoms with van der Waals surface area (Å²) in [6, 6.07) is 22.4. The second-order valence-corrected chi connectivity index (χ2v) is 7.75. The zero-order valence-corrected chi connectivity index (χ0v) is 17.3. The van der Waals surface area contributed by atoms with Gasteiger partial charge in [-0.05, 0) is 48.4 Å². The molecule has 0 aliphatic heterocycles. The molecule has 0 atom stereocenters. The predicted octanol–water partition coefficient (Wildman–Crippen LogP) is 5.39. The molecule has 156 valence electrons. The third-order valence-corrected chi connectivity index (χ3v) is 5.66. The molecule has 0 spiro atoms. The van der Waals surface area contributed by atoms with Crippen molar-refractivity contribution in [3.63, 3.8) is 0 Å². The number of benzene rings is 3. The third-order valence-electron chi connectivity index (χ3n) is 5.66. The molecule has 0 radical (unpaired) electrons. The maximum absolute atomic E-state index is 4.78. The number of rotatable bonds is 6. The lowest BCUT2D eigenvalue weighted by molar-refractivity contribution is 1.01. The highest BCUT2D eigenvalue weighted by atomic mass is 15.1. The van der Waals surface area contributed by atoms with Crippen molar-refractivity contribution in [2.75, 3.05) is 17.2 Å². The molecule has 0 amide bonds. The Bertz CT molecular complexity index is 1550. The smallest absolute Gasteiger partial charge is 0.229 e. The maximum Gasteiger partial charge on any atom is 0.229 e. The first kappa shape index (κ1) is 18.4. The Morgan fingerprint density at radius 3 is 2.69 bits per heavy atom. The van der Waals surface area contributed by atoms with Crippen LogP contribution in [-0.2, 0) is 6.42 Å². The summed E-state index contributed by atoms with van der Waals surface area (Å²) in [7, 11) is 0. The highest BCUT2D eigenvalue weighted by Gasteiger charge is 2.09. The van der Waals surface area contributed by atoms with E-state index in [9.17, 15) is 0 Å². The molecule has 32 heavy (non-hydrogen) atoms. The fraction of sp³-hybridized carbons (Fsp3) is 0.0800. The van der Waals surface area contributed by atoms with Crippen LogP contribution in [0.3, 0.4) is 0 Å². The molecule has 3 aromatic carbocycles. The molecule has 3 heterocycles. The molecule has 0 aliphatic rings. The maximum atomic E-state index is 4.78. The summed E-state index contributed by atoms with van der Waals surface area (Å²) in [6.45, 7) is 0.767. The summed E-state index contributed by atoms with van der Waals surface area (Å²) in [6.07, 6.45) is 4.78. The van der Waals surface area contributed by atoms with E-state index in [0.29, 0.717) is 5.95 Å². The summed E-state index contributed by atoms with van der Waals surface area (Å²) < 4.78 is 0. The lowest BCUT2D eigenvalue weighted by Crippen LogP contribution is -2.08. The molecule has 4 N–H and O–H groups in total. The molecule has 0 saturated heterocycles. The SMILES string of the molecule is c1ccc2c(NCCc3c[nH]c4ccccc34)nc(Nc3ccc4[nH]ncc4c3)nc2c1. The Kier molecular flexibility index (Phi) is 4.42.